The van der Waals surface area contributed by atoms with E-state index in [4.69, 9.17) is 14.2 Å². The van der Waals surface area contributed by atoms with Crippen molar-refractivity contribution in [1.82, 2.24) is 0 Å². The Labute approximate surface area is 478 Å². The number of allylic oxidation sites excluding steroid dienone is 12. The highest BCUT2D eigenvalue weighted by atomic mass is 16.6. The van der Waals surface area contributed by atoms with Crippen LogP contribution in [0.4, 0.5) is 0 Å². The lowest BCUT2D eigenvalue weighted by atomic mass is 10.0. The molecule has 446 valence electrons. The summed E-state index contributed by atoms with van der Waals surface area (Å²) in [7, 11) is 0. The monoisotopic (exact) mass is 1070 g/mol. The van der Waals surface area contributed by atoms with E-state index >= 15 is 0 Å². The number of ether oxygens (including phenoxy) is 3. The lowest BCUT2D eigenvalue weighted by Gasteiger charge is -2.18. The molecule has 0 N–H and O–H groups in total. The molecule has 6 nitrogen and oxygen atoms in total. The summed E-state index contributed by atoms with van der Waals surface area (Å²) < 4.78 is 16.9. The summed E-state index contributed by atoms with van der Waals surface area (Å²) in [5.41, 5.74) is 0. The Morgan fingerprint density at radius 2 is 0.506 bits per heavy atom. The predicted molar refractivity (Wildman–Crippen MR) is 335 cm³/mol. The van der Waals surface area contributed by atoms with Crippen LogP contribution in [0.15, 0.2) is 72.9 Å². The maximum Gasteiger partial charge on any atom is 0.306 e. The third-order valence-corrected chi connectivity index (χ3v) is 14.7. The topological polar surface area (TPSA) is 78.9 Å². The Balaban J connectivity index is 4.34. The van der Waals surface area contributed by atoms with Gasteiger partial charge in [-0.25, -0.2) is 0 Å². The first-order valence-electron chi connectivity index (χ1n) is 33.4. The zero-order valence-corrected chi connectivity index (χ0v) is 51.2. The highest BCUT2D eigenvalue weighted by Crippen LogP contribution is 2.17. The van der Waals surface area contributed by atoms with Crippen LogP contribution in [0.5, 0.6) is 0 Å². The number of hydrogen-bond donors (Lipinski definition) is 0. The summed E-state index contributed by atoms with van der Waals surface area (Å²) in [6.45, 7) is 6.54. The maximum atomic E-state index is 12.9. The van der Waals surface area contributed by atoms with Gasteiger partial charge in [-0.1, -0.05) is 306 Å². The van der Waals surface area contributed by atoms with E-state index in [1.54, 1.807) is 0 Å². The molecule has 1 unspecified atom stereocenters. The highest BCUT2D eigenvalue weighted by molar-refractivity contribution is 5.71. The second kappa shape index (κ2) is 65.4. The number of hydrogen-bond acceptors (Lipinski definition) is 6. The van der Waals surface area contributed by atoms with Gasteiger partial charge in [0.2, 0.25) is 0 Å². The van der Waals surface area contributed by atoms with Crippen molar-refractivity contribution in [3.8, 4) is 0 Å². The SMILES string of the molecule is CC/C=C\C/C=C\C/C=C\C/C=C\CCCCCCCCC(=O)OC(COC(=O)CCCCCCC/C=C\C/C=C\CCCCCC)COC(=O)CCCCCCCCCCCCCCCCCCCCCCCCCC. The van der Waals surface area contributed by atoms with E-state index in [0.717, 1.165) is 116 Å². The molecule has 0 aliphatic carbocycles. The molecule has 0 heterocycles. The highest BCUT2D eigenvalue weighted by Gasteiger charge is 2.19. The summed E-state index contributed by atoms with van der Waals surface area (Å²) in [5, 5.41) is 0. The molecular weight excluding hydrogens is 949 g/mol. The maximum absolute atomic E-state index is 12.9. The van der Waals surface area contributed by atoms with E-state index in [9.17, 15) is 14.4 Å². The Bertz CT molecular complexity index is 1420. The summed E-state index contributed by atoms with van der Waals surface area (Å²) in [6, 6.07) is 0. The molecule has 6 heteroatoms. The van der Waals surface area contributed by atoms with Crippen molar-refractivity contribution >= 4 is 17.9 Å². The molecule has 0 bridgehead atoms. The van der Waals surface area contributed by atoms with Crippen molar-refractivity contribution in [2.75, 3.05) is 13.2 Å². The van der Waals surface area contributed by atoms with Gasteiger partial charge in [0.05, 0.1) is 0 Å². The molecule has 0 aromatic heterocycles. The van der Waals surface area contributed by atoms with Gasteiger partial charge in [0.1, 0.15) is 13.2 Å². The zero-order valence-electron chi connectivity index (χ0n) is 51.2. The van der Waals surface area contributed by atoms with Crippen LogP contribution in [-0.4, -0.2) is 37.2 Å². The van der Waals surface area contributed by atoms with Crippen molar-refractivity contribution in [2.24, 2.45) is 0 Å². The van der Waals surface area contributed by atoms with Crippen molar-refractivity contribution in [1.29, 1.82) is 0 Å². The largest absolute Gasteiger partial charge is 0.462 e. The molecule has 0 aromatic carbocycles. The minimum Gasteiger partial charge on any atom is -0.462 e. The fourth-order valence-electron chi connectivity index (χ4n) is 9.70. The lowest BCUT2D eigenvalue weighted by molar-refractivity contribution is -0.167. The van der Waals surface area contributed by atoms with Crippen molar-refractivity contribution in [2.45, 2.75) is 348 Å². The average molecular weight is 1080 g/mol. The molecule has 0 amide bonds. The lowest BCUT2D eigenvalue weighted by Crippen LogP contribution is -2.30. The molecule has 0 radical (unpaired) electrons. The third-order valence-electron chi connectivity index (χ3n) is 14.7. The number of esters is 3. The van der Waals surface area contributed by atoms with E-state index in [1.165, 1.54) is 186 Å². The minimum atomic E-state index is -0.790. The van der Waals surface area contributed by atoms with E-state index in [2.05, 4.69) is 93.7 Å². The Kier molecular flexibility index (Phi) is 62.7. The Morgan fingerprint density at radius 1 is 0.273 bits per heavy atom. The first-order valence-corrected chi connectivity index (χ1v) is 33.4. The molecule has 77 heavy (non-hydrogen) atoms. The van der Waals surface area contributed by atoms with Gasteiger partial charge in [-0.05, 0) is 89.9 Å². The molecule has 1 atom stereocenters. The van der Waals surface area contributed by atoms with Crippen LogP contribution in [0, 0.1) is 0 Å². The van der Waals surface area contributed by atoms with Gasteiger partial charge in [-0.15, -0.1) is 0 Å². The van der Waals surface area contributed by atoms with Crippen molar-refractivity contribution in [3.63, 3.8) is 0 Å². The van der Waals surface area contributed by atoms with Crippen molar-refractivity contribution in [3.05, 3.63) is 72.9 Å². The predicted octanol–water partition coefficient (Wildman–Crippen LogP) is 22.9. The van der Waals surface area contributed by atoms with E-state index in [-0.39, 0.29) is 31.1 Å². The zero-order chi connectivity index (χ0) is 55.7. The average Bonchev–Trinajstić information content (AvgIpc) is 3.43. The van der Waals surface area contributed by atoms with Crippen LogP contribution >= 0.6 is 0 Å². The van der Waals surface area contributed by atoms with E-state index < -0.39 is 6.10 Å². The Morgan fingerprint density at radius 3 is 0.805 bits per heavy atom. The number of rotatable bonds is 61. The quantitative estimate of drug-likeness (QED) is 0.0261. The van der Waals surface area contributed by atoms with Gasteiger partial charge in [-0.3, -0.25) is 14.4 Å². The smallest absolute Gasteiger partial charge is 0.306 e. The summed E-state index contributed by atoms with van der Waals surface area (Å²) in [6.07, 6.45) is 84.9. The minimum absolute atomic E-state index is 0.0830. The summed E-state index contributed by atoms with van der Waals surface area (Å²) in [4.78, 5) is 38.4. The molecule has 0 spiro atoms. The first kappa shape index (κ1) is 73.8. The normalized spacial score (nSPS) is 12.5. The van der Waals surface area contributed by atoms with E-state index in [0.29, 0.717) is 19.3 Å². The molecule has 0 saturated carbocycles. The molecular formula is C71H126O6. The molecule has 0 aliphatic rings. The number of carbonyl (C=O) groups excluding carboxylic acids is 3. The fraction of sp³-hybridized carbons (Fsp3) is 0.789. The van der Waals surface area contributed by atoms with Gasteiger partial charge in [0, 0.05) is 19.3 Å². The Hall–Kier alpha value is -3.15. The van der Waals surface area contributed by atoms with Gasteiger partial charge >= 0.3 is 17.9 Å². The van der Waals surface area contributed by atoms with Crippen LogP contribution in [0.2, 0.25) is 0 Å². The molecule has 0 aliphatic heterocycles. The van der Waals surface area contributed by atoms with Gasteiger partial charge in [-0.2, -0.15) is 0 Å². The molecule has 0 rings (SSSR count). The van der Waals surface area contributed by atoms with E-state index in [1.807, 2.05) is 0 Å². The van der Waals surface area contributed by atoms with Gasteiger partial charge in [0.25, 0.3) is 0 Å². The second-order valence-corrected chi connectivity index (χ2v) is 22.4. The van der Waals surface area contributed by atoms with Crippen LogP contribution in [0.3, 0.4) is 0 Å². The van der Waals surface area contributed by atoms with Gasteiger partial charge < -0.3 is 14.2 Å². The standard InChI is InChI=1S/C71H126O6/c1-4-7-10-13-16-19-22-25-28-31-33-34-35-36-37-39-40-43-46-49-52-55-58-61-64-70(73)76-67-68(66-75-69(72)63-60-57-54-51-48-45-42-30-27-24-21-18-15-12-9-6-3)77-71(74)65-62-59-56-53-50-47-44-41-38-32-29-26-23-20-17-14-11-8-5-2/h8,11,17,20-21,24,26,29-30,38,41-42,68H,4-7,9-10,12-16,18-19,22-23,25,27-28,31-37,39-40,43-67H2,1-3H3/b11-8-,20-17-,24-21-,29-26-,41-38-,42-30-. The second-order valence-electron chi connectivity index (χ2n) is 22.4. The molecule has 0 fully saturated rings. The molecule has 0 aromatic rings. The van der Waals surface area contributed by atoms with Crippen LogP contribution in [0.1, 0.15) is 342 Å². The van der Waals surface area contributed by atoms with Crippen molar-refractivity contribution < 1.29 is 28.6 Å². The fourth-order valence-corrected chi connectivity index (χ4v) is 9.70. The number of carbonyl (C=O) groups is 3. The van der Waals surface area contributed by atoms with Crippen LogP contribution < -0.4 is 0 Å². The third kappa shape index (κ3) is 63.6. The number of unbranched alkanes of at least 4 members (excludes halogenated alkanes) is 38. The summed E-state index contributed by atoms with van der Waals surface area (Å²) in [5.74, 6) is -0.893. The summed E-state index contributed by atoms with van der Waals surface area (Å²) >= 11 is 0. The molecule has 0 saturated heterocycles. The first-order chi connectivity index (χ1) is 38.0. The van der Waals surface area contributed by atoms with Crippen LogP contribution in [0.25, 0.3) is 0 Å². The van der Waals surface area contributed by atoms with Gasteiger partial charge in [0.15, 0.2) is 6.10 Å². The van der Waals surface area contributed by atoms with Crippen LogP contribution in [-0.2, 0) is 28.6 Å².